The van der Waals surface area contributed by atoms with E-state index in [1.165, 1.54) is 13.3 Å². The Kier molecular flexibility index (Phi) is 5.69. The predicted octanol–water partition coefficient (Wildman–Crippen LogP) is 1.62. The maximum Gasteiger partial charge on any atom is 0.257 e. The van der Waals surface area contributed by atoms with E-state index in [1.54, 1.807) is 17.2 Å². The zero-order valence-corrected chi connectivity index (χ0v) is 12.2. The van der Waals surface area contributed by atoms with E-state index >= 15 is 0 Å². The molecule has 0 saturated heterocycles. The zero-order valence-electron chi connectivity index (χ0n) is 11.4. The highest BCUT2D eigenvalue weighted by molar-refractivity contribution is 7.80. The molecule has 0 radical (unpaired) electrons. The van der Waals surface area contributed by atoms with Crippen LogP contribution in [0.15, 0.2) is 18.5 Å². The fraction of sp³-hybridized carbons (Fsp3) is 0.462. The molecule has 1 aromatic heterocycles. The average molecular weight is 281 g/mol. The van der Waals surface area contributed by atoms with Crippen LogP contribution < -0.4 is 10.5 Å². The van der Waals surface area contributed by atoms with Gasteiger partial charge >= 0.3 is 0 Å². The van der Waals surface area contributed by atoms with Gasteiger partial charge in [0, 0.05) is 25.2 Å². The Hall–Kier alpha value is -1.69. The Labute approximate surface area is 118 Å². The lowest BCUT2D eigenvalue weighted by atomic mass is 10.1. The van der Waals surface area contributed by atoms with Crippen LogP contribution in [0.4, 0.5) is 0 Å². The van der Waals surface area contributed by atoms with E-state index in [0.29, 0.717) is 29.3 Å². The van der Waals surface area contributed by atoms with Crippen molar-refractivity contribution in [2.45, 2.75) is 26.3 Å². The first-order valence-electron chi connectivity index (χ1n) is 6.04. The standard InChI is InChI=1S/C13H19N3O2S/c1-9(2)16(7-5-12(14)19)13(17)10-4-6-15-8-11(10)18-3/h4,6,8-9H,5,7H2,1-3H3,(H2,14,19). The summed E-state index contributed by atoms with van der Waals surface area (Å²) < 4.78 is 5.16. The van der Waals surface area contributed by atoms with Gasteiger partial charge in [-0.25, -0.2) is 0 Å². The lowest BCUT2D eigenvalue weighted by molar-refractivity contribution is 0.0708. The minimum absolute atomic E-state index is 0.0553. The Bertz CT molecular complexity index is 463. The van der Waals surface area contributed by atoms with Gasteiger partial charge in [-0.3, -0.25) is 9.78 Å². The normalized spacial score (nSPS) is 10.3. The molecule has 2 N–H and O–H groups in total. The summed E-state index contributed by atoms with van der Waals surface area (Å²) in [6.45, 7) is 4.40. The number of methoxy groups -OCH3 is 1. The summed E-state index contributed by atoms with van der Waals surface area (Å²) in [5, 5.41) is 0. The minimum atomic E-state index is -0.106. The van der Waals surface area contributed by atoms with Crippen molar-refractivity contribution in [3.8, 4) is 5.75 Å². The number of nitrogens with zero attached hydrogens (tertiary/aromatic N) is 2. The molecular weight excluding hydrogens is 262 g/mol. The second-order valence-corrected chi connectivity index (χ2v) is 4.91. The molecule has 0 atom stereocenters. The quantitative estimate of drug-likeness (QED) is 0.802. The molecule has 0 aliphatic rings. The van der Waals surface area contributed by atoms with Crippen LogP contribution in [-0.4, -0.2) is 40.5 Å². The number of carbonyl (C=O) groups excluding carboxylic acids is 1. The first kappa shape index (κ1) is 15.4. The monoisotopic (exact) mass is 281 g/mol. The number of hydrogen-bond acceptors (Lipinski definition) is 4. The van der Waals surface area contributed by atoms with Gasteiger partial charge in [-0.2, -0.15) is 0 Å². The summed E-state index contributed by atoms with van der Waals surface area (Å²) in [5.74, 6) is 0.360. The topological polar surface area (TPSA) is 68.5 Å². The summed E-state index contributed by atoms with van der Waals surface area (Å²) >= 11 is 4.86. The molecule has 0 saturated carbocycles. The molecule has 1 aromatic rings. The van der Waals surface area contributed by atoms with Crippen molar-refractivity contribution in [2.75, 3.05) is 13.7 Å². The number of amides is 1. The van der Waals surface area contributed by atoms with Crippen LogP contribution in [-0.2, 0) is 0 Å². The van der Waals surface area contributed by atoms with Crippen LogP contribution >= 0.6 is 12.2 Å². The van der Waals surface area contributed by atoms with Gasteiger partial charge in [0.15, 0.2) is 0 Å². The Morgan fingerprint density at radius 1 is 1.58 bits per heavy atom. The maximum atomic E-state index is 12.5. The highest BCUT2D eigenvalue weighted by atomic mass is 32.1. The molecule has 0 bridgehead atoms. The summed E-state index contributed by atoms with van der Waals surface area (Å²) in [7, 11) is 1.52. The Balaban J connectivity index is 2.95. The van der Waals surface area contributed by atoms with E-state index in [4.69, 9.17) is 22.7 Å². The van der Waals surface area contributed by atoms with Gasteiger partial charge < -0.3 is 15.4 Å². The summed E-state index contributed by atoms with van der Waals surface area (Å²) in [4.78, 5) is 18.6. The molecule has 0 aromatic carbocycles. The van der Waals surface area contributed by atoms with Crippen LogP contribution in [0.25, 0.3) is 0 Å². The lowest BCUT2D eigenvalue weighted by Crippen LogP contribution is -2.39. The van der Waals surface area contributed by atoms with Crippen LogP contribution in [0.1, 0.15) is 30.6 Å². The molecule has 6 heteroatoms. The molecule has 1 rings (SSSR count). The Morgan fingerprint density at radius 3 is 2.79 bits per heavy atom. The van der Waals surface area contributed by atoms with Crippen molar-refractivity contribution >= 4 is 23.1 Å². The van der Waals surface area contributed by atoms with Crippen molar-refractivity contribution in [2.24, 2.45) is 5.73 Å². The number of rotatable bonds is 6. The number of aromatic nitrogens is 1. The van der Waals surface area contributed by atoms with Gasteiger partial charge in [0.25, 0.3) is 5.91 Å². The molecule has 1 amide bonds. The molecule has 0 spiro atoms. The number of pyridine rings is 1. The van der Waals surface area contributed by atoms with Gasteiger partial charge in [0.2, 0.25) is 0 Å². The number of carbonyl (C=O) groups is 1. The highest BCUT2D eigenvalue weighted by Gasteiger charge is 2.21. The van der Waals surface area contributed by atoms with Crippen molar-refractivity contribution in [3.63, 3.8) is 0 Å². The van der Waals surface area contributed by atoms with E-state index in [2.05, 4.69) is 4.98 Å². The summed E-state index contributed by atoms with van der Waals surface area (Å²) in [6, 6.07) is 1.71. The molecule has 0 aliphatic heterocycles. The van der Waals surface area contributed by atoms with Crippen LogP contribution in [0.5, 0.6) is 5.75 Å². The first-order valence-corrected chi connectivity index (χ1v) is 6.45. The van der Waals surface area contributed by atoms with Gasteiger partial charge in [-0.05, 0) is 19.9 Å². The van der Waals surface area contributed by atoms with Crippen LogP contribution in [0.2, 0.25) is 0 Å². The highest BCUT2D eigenvalue weighted by Crippen LogP contribution is 2.19. The number of nitrogens with two attached hydrogens (primary N) is 1. The van der Waals surface area contributed by atoms with Gasteiger partial charge in [0.05, 0.1) is 23.9 Å². The van der Waals surface area contributed by atoms with Gasteiger partial charge in [0.1, 0.15) is 5.75 Å². The first-order chi connectivity index (χ1) is 8.97. The van der Waals surface area contributed by atoms with E-state index in [1.807, 2.05) is 13.8 Å². The summed E-state index contributed by atoms with van der Waals surface area (Å²) in [6.07, 6.45) is 3.60. The molecule has 104 valence electrons. The average Bonchev–Trinajstić information content (AvgIpc) is 2.37. The van der Waals surface area contributed by atoms with E-state index in [9.17, 15) is 4.79 Å². The van der Waals surface area contributed by atoms with E-state index in [0.717, 1.165) is 0 Å². The van der Waals surface area contributed by atoms with Gasteiger partial charge in [-0.1, -0.05) is 12.2 Å². The molecule has 0 fully saturated rings. The van der Waals surface area contributed by atoms with Crippen LogP contribution in [0, 0.1) is 0 Å². The minimum Gasteiger partial charge on any atom is -0.494 e. The maximum absolute atomic E-state index is 12.5. The number of thiocarbonyl (C=S) groups is 1. The Morgan fingerprint density at radius 2 is 2.26 bits per heavy atom. The smallest absolute Gasteiger partial charge is 0.257 e. The molecule has 0 unspecified atom stereocenters. The third-order valence-corrected chi connectivity index (χ3v) is 2.92. The second kappa shape index (κ2) is 7.04. The number of ether oxygens (including phenoxy) is 1. The lowest BCUT2D eigenvalue weighted by Gasteiger charge is -2.27. The van der Waals surface area contributed by atoms with E-state index in [-0.39, 0.29) is 11.9 Å². The SMILES string of the molecule is COc1cnccc1C(=O)N(CCC(N)=S)C(C)C. The van der Waals surface area contributed by atoms with Crippen molar-refractivity contribution in [1.82, 2.24) is 9.88 Å². The van der Waals surface area contributed by atoms with Crippen molar-refractivity contribution in [3.05, 3.63) is 24.0 Å². The fourth-order valence-electron chi connectivity index (χ4n) is 1.70. The summed E-state index contributed by atoms with van der Waals surface area (Å²) in [5.41, 5.74) is 5.99. The molecule has 1 heterocycles. The molecule has 5 nitrogen and oxygen atoms in total. The van der Waals surface area contributed by atoms with Gasteiger partial charge in [-0.15, -0.1) is 0 Å². The molecule has 0 aliphatic carbocycles. The predicted molar refractivity (Wildman–Crippen MR) is 78.4 cm³/mol. The largest absolute Gasteiger partial charge is 0.494 e. The van der Waals surface area contributed by atoms with E-state index < -0.39 is 0 Å². The number of hydrogen-bond donors (Lipinski definition) is 1. The van der Waals surface area contributed by atoms with Crippen LogP contribution in [0.3, 0.4) is 0 Å². The molecule has 19 heavy (non-hydrogen) atoms. The fourth-order valence-corrected chi connectivity index (χ4v) is 1.79. The van der Waals surface area contributed by atoms with Crippen molar-refractivity contribution in [1.29, 1.82) is 0 Å². The molecular formula is C13H19N3O2S. The third kappa shape index (κ3) is 4.17. The van der Waals surface area contributed by atoms with Crippen molar-refractivity contribution < 1.29 is 9.53 Å². The third-order valence-electron chi connectivity index (χ3n) is 2.72. The zero-order chi connectivity index (χ0) is 14.4. The second-order valence-electron chi connectivity index (χ2n) is 4.38.